The lowest BCUT2D eigenvalue weighted by atomic mass is 9.93. The number of hydrogen-bond donors (Lipinski definition) is 1. The third-order valence-corrected chi connectivity index (χ3v) is 2.84. The first-order valence-corrected chi connectivity index (χ1v) is 6.45. The standard InChI is InChI=1S/C13H25NO3/c1-13(2,3)6-9-16-12(15)10-17-11-4-7-14-8-5-11/h11,14H,4-10H2,1-3H3. The molecule has 17 heavy (non-hydrogen) atoms. The van der Waals surface area contributed by atoms with E-state index in [9.17, 15) is 4.79 Å². The van der Waals surface area contributed by atoms with Crippen LogP contribution in [0.15, 0.2) is 0 Å². The minimum absolute atomic E-state index is 0.0921. The lowest BCUT2D eigenvalue weighted by molar-refractivity contribution is -0.152. The normalized spacial score (nSPS) is 18.1. The number of carbonyl (C=O) groups is 1. The van der Waals surface area contributed by atoms with Crippen LogP contribution in [0.2, 0.25) is 0 Å². The Bertz CT molecular complexity index is 229. The minimum atomic E-state index is -0.243. The molecular weight excluding hydrogens is 218 g/mol. The van der Waals surface area contributed by atoms with Crippen molar-refractivity contribution in [1.82, 2.24) is 5.32 Å². The lowest BCUT2D eigenvalue weighted by Gasteiger charge is -2.22. The highest BCUT2D eigenvalue weighted by molar-refractivity contribution is 5.70. The Morgan fingerprint density at radius 3 is 2.53 bits per heavy atom. The molecule has 100 valence electrons. The number of hydrogen-bond acceptors (Lipinski definition) is 4. The second-order valence-electron chi connectivity index (χ2n) is 5.79. The van der Waals surface area contributed by atoms with Crippen molar-refractivity contribution in [3.8, 4) is 0 Å². The van der Waals surface area contributed by atoms with Crippen molar-refractivity contribution in [3.05, 3.63) is 0 Å². The maximum Gasteiger partial charge on any atom is 0.332 e. The van der Waals surface area contributed by atoms with Crippen LogP contribution in [0.4, 0.5) is 0 Å². The van der Waals surface area contributed by atoms with E-state index in [-0.39, 0.29) is 24.1 Å². The molecule has 0 unspecified atom stereocenters. The first kappa shape index (κ1) is 14.5. The van der Waals surface area contributed by atoms with Gasteiger partial charge in [-0.3, -0.25) is 0 Å². The molecule has 1 aliphatic rings. The molecule has 4 heteroatoms. The molecule has 1 heterocycles. The van der Waals surface area contributed by atoms with Crippen LogP contribution in [-0.4, -0.2) is 38.4 Å². The van der Waals surface area contributed by atoms with E-state index in [2.05, 4.69) is 26.1 Å². The van der Waals surface area contributed by atoms with Crippen molar-refractivity contribution in [2.24, 2.45) is 5.41 Å². The van der Waals surface area contributed by atoms with Gasteiger partial charge in [0.05, 0.1) is 12.7 Å². The average Bonchev–Trinajstić information content (AvgIpc) is 2.26. The van der Waals surface area contributed by atoms with Crippen molar-refractivity contribution in [1.29, 1.82) is 0 Å². The van der Waals surface area contributed by atoms with Crippen LogP contribution in [0.5, 0.6) is 0 Å². The van der Waals surface area contributed by atoms with Gasteiger partial charge in [0, 0.05) is 0 Å². The highest BCUT2D eigenvalue weighted by Gasteiger charge is 2.16. The van der Waals surface area contributed by atoms with E-state index in [4.69, 9.17) is 9.47 Å². The topological polar surface area (TPSA) is 47.6 Å². The van der Waals surface area contributed by atoms with Crippen molar-refractivity contribution in [3.63, 3.8) is 0 Å². The van der Waals surface area contributed by atoms with Crippen LogP contribution in [0.25, 0.3) is 0 Å². The average molecular weight is 243 g/mol. The Labute approximate surface area is 104 Å². The molecule has 1 saturated heterocycles. The molecule has 0 bridgehead atoms. The maximum absolute atomic E-state index is 11.4. The van der Waals surface area contributed by atoms with Crippen LogP contribution in [-0.2, 0) is 14.3 Å². The van der Waals surface area contributed by atoms with Gasteiger partial charge < -0.3 is 14.8 Å². The molecule has 0 saturated carbocycles. The van der Waals surface area contributed by atoms with Crippen molar-refractivity contribution in [2.45, 2.75) is 46.1 Å². The predicted molar refractivity (Wildman–Crippen MR) is 66.9 cm³/mol. The van der Waals surface area contributed by atoms with E-state index >= 15 is 0 Å². The first-order valence-electron chi connectivity index (χ1n) is 6.45. The Kier molecular flexibility index (Phi) is 5.92. The van der Waals surface area contributed by atoms with Gasteiger partial charge in [0.25, 0.3) is 0 Å². The van der Waals surface area contributed by atoms with Crippen LogP contribution in [0.3, 0.4) is 0 Å². The Morgan fingerprint density at radius 1 is 1.29 bits per heavy atom. The van der Waals surface area contributed by atoms with E-state index in [1.54, 1.807) is 0 Å². The Morgan fingerprint density at radius 2 is 1.94 bits per heavy atom. The molecule has 0 aromatic heterocycles. The maximum atomic E-state index is 11.4. The molecular formula is C13H25NO3. The van der Waals surface area contributed by atoms with E-state index in [0.717, 1.165) is 32.4 Å². The van der Waals surface area contributed by atoms with Gasteiger partial charge in [-0.15, -0.1) is 0 Å². The van der Waals surface area contributed by atoms with E-state index in [1.807, 2.05) is 0 Å². The number of carbonyl (C=O) groups excluding carboxylic acids is 1. The zero-order chi connectivity index (χ0) is 12.7. The van der Waals surface area contributed by atoms with Crippen LogP contribution in [0.1, 0.15) is 40.0 Å². The lowest BCUT2D eigenvalue weighted by Crippen LogP contribution is -2.33. The van der Waals surface area contributed by atoms with Crippen molar-refractivity contribution < 1.29 is 14.3 Å². The van der Waals surface area contributed by atoms with Gasteiger partial charge >= 0.3 is 5.97 Å². The van der Waals surface area contributed by atoms with E-state index < -0.39 is 0 Å². The smallest absolute Gasteiger partial charge is 0.332 e. The number of esters is 1. The molecule has 0 atom stereocenters. The molecule has 0 aliphatic carbocycles. The van der Waals surface area contributed by atoms with Gasteiger partial charge in [0.1, 0.15) is 6.61 Å². The zero-order valence-electron chi connectivity index (χ0n) is 11.3. The third kappa shape index (κ3) is 7.34. The fourth-order valence-corrected chi connectivity index (χ4v) is 1.66. The predicted octanol–water partition coefficient (Wildman–Crippen LogP) is 1.73. The van der Waals surface area contributed by atoms with Gasteiger partial charge in [-0.1, -0.05) is 20.8 Å². The summed E-state index contributed by atoms with van der Waals surface area (Å²) >= 11 is 0. The molecule has 0 amide bonds. The molecule has 1 aliphatic heterocycles. The van der Waals surface area contributed by atoms with Crippen molar-refractivity contribution >= 4 is 5.97 Å². The number of ether oxygens (including phenoxy) is 2. The summed E-state index contributed by atoms with van der Waals surface area (Å²) in [4.78, 5) is 11.4. The van der Waals surface area contributed by atoms with Gasteiger partial charge in [0.2, 0.25) is 0 Å². The van der Waals surface area contributed by atoms with Crippen LogP contribution >= 0.6 is 0 Å². The zero-order valence-corrected chi connectivity index (χ0v) is 11.3. The van der Waals surface area contributed by atoms with Crippen LogP contribution < -0.4 is 5.32 Å². The van der Waals surface area contributed by atoms with E-state index in [1.165, 1.54) is 0 Å². The molecule has 1 N–H and O–H groups in total. The number of rotatable bonds is 5. The SMILES string of the molecule is CC(C)(C)CCOC(=O)COC1CCNCC1. The van der Waals surface area contributed by atoms with Gasteiger partial charge in [-0.2, -0.15) is 0 Å². The molecule has 0 radical (unpaired) electrons. The quantitative estimate of drug-likeness (QED) is 0.747. The number of nitrogens with one attached hydrogen (secondary N) is 1. The fourth-order valence-electron chi connectivity index (χ4n) is 1.66. The summed E-state index contributed by atoms with van der Waals surface area (Å²) < 4.78 is 10.6. The molecule has 1 rings (SSSR count). The highest BCUT2D eigenvalue weighted by atomic mass is 16.6. The largest absolute Gasteiger partial charge is 0.464 e. The summed E-state index contributed by atoms with van der Waals surface area (Å²) in [7, 11) is 0. The Hall–Kier alpha value is -0.610. The summed E-state index contributed by atoms with van der Waals surface area (Å²) in [5.74, 6) is -0.243. The molecule has 0 spiro atoms. The monoisotopic (exact) mass is 243 g/mol. The summed E-state index contributed by atoms with van der Waals surface area (Å²) in [6.07, 6.45) is 3.06. The van der Waals surface area contributed by atoms with Gasteiger partial charge in [0.15, 0.2) is 0 Å². The van der Waals surface area contributed by atoms with Gasteiger partial charge in [-0.05, 0) is 37.8 Å². The van der Waals surface area contributed by atoms with E-state index in [0.29, 0.717) is 6.61 Å². The van der Waals surface area contributed by atoms with Crippen molar-refractivity contribution in [2.75, 3.05) is 26.3 Å². The first-order chi connectivity index (χ1) is 7.97. The Balaban J connectivity index is 2.04. The van der Waals surface area contributed by atoms with Crippen LogP contribution in [0, 0.1) is 5.41 Å². The molecule has 1 fully saturated rings. The summed E-state index contributed by atoms with van der Waals surface area (Å²) in [6.45, 7) is 8.92. The second kappa shape index (κ2) is 6.97. The molecule has 0 aromatic rings. The van der Waals surface area contributed by atoms with Gasteiger partial charge in [-0.25, -0.2) is 4.79 Å². The minimum Gasteiger partial charge on any atom is -0.464 e. The summed E-state index contributed by atoms with van der Waals surface area (Å²) in [6, 6.07) is 0. The third-order valence-electron chi connectivity index (χ3n) is 2.84. The second-order valence-corrected chi connectivity index (χ2v) is 5.79. The molecule has 0 aromatic carbocycles. The molecule has 4 nitrogen and oxygen atoms in total. The number of piperidine rings is 1. The highest BCUT2D eigenvalue weighted by Crippen LogP contribution is 2.17. The fraction of sp³-hybridized carbons (Fsp3) is 0.923. The summed E-state index contributed by atoms with van der Waals surface area (Å²) in [5, 5.41) is 3.26. The summed E-state index contributed by atoms with van der Waals surface area (Å²) in [5.41, 5.74) is 0.205.